The van der Waals surface area contributed by atoms with Gasteiger partial charge in [-0.2, -0.15) is 5.26 Å². The van der Waals surface area contributed by atoms with Crippen LogP contribution in [0.4, 0.5) is 11.4 Å². The predicted molar refractivity (Wildman–Crippen MR) is 137 cm³/mol. The highest BCUT2D eigenvalue weighted by Crippen LogP contribution is 2.42. The zero-order valence-electron chi connectivity index (χ0n) is 19.3. The lowest BCUT2D eigenvalue weighted by Crippen LogP contribution is -2.30. The number of hydrogen-bond acceptors (Lipinski definition) is 4. The summed E-state index contributed by atoms with van der Waals surface area (Å²) in [6, 6.07) is 24.9. The fourth-order valence-corrected chi connectivity index (χ4v) is 5.23. The van der Waals surface area contributed by atoms with Crippen LogP contribution in [0.3, 0.4) is 0 Å². The average Bonchev–Trinajstić information content (AvgIpc) is 3.13. The molecule has 34 heavy (non-hydrogen) atoms. The summed E-state index contributed by atoms with van der Waals surface area (Å²) >= 11 is 1.27. The molecule has 0 unspecified atom stereocenters. The molecule has 0 spiro atoms. The third-order valence-corrected chi connectivity index (χ3v) is 7.14. The van der Waals surface area contributed by atoms with Crippen molar-refractivity contribution < 1.29 is 9.59 Å². The molecule has 3 aromatic rings. The number of carbonyl (C=O) groups is 2. The van der Waals surface area contributed by atoms with Gasteiger partial charge in [0.05, 0.1) is 5.25 Å². The van der Waals surface area contributed by atoms with E-state index in [1.165, 1.54) is 16.7 Å². The molecule has 0 saturated carbocycles. The number of anilines is 2. The van der Waals surface area contributed by atoms with E-state index in [0.717, 1.165) is 22.3 Å². The van der Waals surface area contributed by atoms with Crippen LogP contribution < -0.4 is 10.2 Å². The van der Waals surface area contributed by atoms with Crippen LogP contribution in [0.15, 0.2) is 83.4 Å². The summed E-state index contributed by atoms with van der Waals surface area (Å²) in [6.45, 7) is 5.90. The molecule has 1 N–H and O–H groups in total. The number of nitrogens with one attached hydrogen (secondary N) is 1. The summed E-state index contributed by atoms with van der Waals surface area (Å²) in [5.74, 6) is -0.663. The van der Waals surface area contributed by atoms with Gasteiger partial charge in [-0.05, 0) is 62.1 Å². The fraction of sp³-hybridized carbons (Fsp3) is 0.179. The molecule has 5 nitrogen and oxygen atoms in total. The lowest BCUT2D eigenvalue weighted by molar-refractivity contribution is -0.117. The molecular weight excluding hydrogens is 442 g/mol. The van der Waals surface area contributed by atoms with Crippen molar-refractivity contribution in [3.63, 3.8) is 0 Å². The monoisotopic (exact) mass is 467 g/mol. The second-order valence-corrected chi connectivity index (χ2v) is 9.49. The number of amides is 2. The van der Waals surface area contributed by atoms with Crippen LogP contribution in [-0.2, 0) is 16.0 Å². The molecule has 0 radical (unpaired) electrons. The summed E-state index contributed by atoms with van der Waals surface area (Å²) in [5.41, 5.74) is 5.34. The third kappa shape index (κ3) is 4.75. The maximum atomic E-state index is 13.5. The van der Waals surface area contributed by atoms with Gasteiger partial charge in [-0.3, -0.25) is 14.5 Å². The van der Waals surface area contributed by atoms with Crippen molar-refractivity contribution in [2.24, 2.45) is 0 Å². The van der Waals surface area contributed by atoms with E-state index in [9.17, 15) is 14.9 Å². The number of rotatable bonds is 5. The SMILES string of the molecule is Cc1cccc(C[C@H]2S/C(=C(\C#N)C(=O)Nc3cccc(C)c3C)N(c3ccccc3)C2=O)c1. The molecule has 0 aromatic heterocycles. The molecule has 1 aliphatic rings. The lowest BCUT2D eigenvalue weighted by Gasteiger charge is -2.19. The van der Waals surface area contributed by atoms with Crippen molar-refractivity contribution in [3.8, 4) is 6.07 Å². The Morgan fingerprint density at radius 2 is 1.76 bits per heavy atom. The standard InChI is InChI=1S/C28H25N3O2S/c1-18-9-7-11-21(15-18)16-25-27(33)31(22-12-5-4-6-13-22)28(34-25)23(17-29)26(32)30-24-14-8-10-19(2)20(24)3/h4-15,25H,16H2,1-3H3,(H,30,32)/b28-23+/t25-/m1/s1. The van der Waals surface area contributed by atoms with Crippen molar-refractivity contribution >= 4 is 35.0 Å². The fourth-order valence-electron chi connectivity index (χ4n) is 3.92. The summed E-state index contributed by atoms with van der Waals surface area (Å²) in [6.07, 6.45) is 0.509. The highest BCUT2D eigenvalue weighted by Gasteiger charge is 2.40. The van der Waals surface area contributed by atoms with E-state index in [0.29, 0.717) is 22.8 Å². The molecular formula is C28H25N3O2S. The van der Waals surface area contributed by atoms with Gasteiger partial charge in [-0.15, -0.1) is 0 Å². The van der Waals surface area contributed by atoms with Gasteiger partial charge in [-0.1, -0.05) is 71.9 Å². The van der Waals surface area contributed by atoms with Crippen LogP contribution >= 0.6 is 11.8 Å². The minimum atomic E-state index is -0.524. The Hall–Kier alpha value is -3.82. The van der Waals surface area contributed by atoms with Crippen molar-refractivity contribution in [3.05, 3.63) is 106 Å². The van der Waals surface area contributed by atoms with Gasteiger partial charge in [0.15, 0.2) is 0 Å². The van der Waals surface area contributed by atoms with E-state index in [4.69, 9.17) is 0 Å². The zero-order chi connectivity index (χ0) is 24.2. The van der Waals surface area contributed by atoms with E-state index in [-0.39, 0.29) is 11.5 Å². The molecule has 1 fully saturated rings. The number of carbonyl (C=O) groups excluding carboxylic acids is 2. The molecule has 0 aliphatic carbocycles. The smallest absolute Gasteiger partial charge is 0.269 e. The molecule has 1 aliphatic heterocycles. The van der Waals surface area contributed by atoms with Gasteiger partial charge in [0.25, 0.3) is 5.91 Å². The minimum Gasteiger partial charge on any atom is -0.321 e. The number of benzene rings is 3. The Bertz CT molecular complexity index is 1320. The first-order valence-corrected chi connectivity index (χ1v) is 11.9. The zero-order valence-corrected chi connectivity index (χ0v) is 20.1. The number of para-hydroxylation sites is 1. The first kappa shape index (κ1) is 23.3. The van der Waals surface area contributed by atoms with Gasteiger partial charge < -0.3 is 5.32 Å². The second-order valence-electron chi connectivity index (χ2n) is 8.30. The quantitative estimate of drug-likeness (QED) is 0.387. The largest absolute Gasteiger partial charge is 0.321 e. The van der Waals surface area contributed by atoms with Gasteiger partial charge in [-0.25, -0.2) is 0 Å². The third-order valence-electron chi connectivity index (χ3n) is 5.88. The van der Waals surface area contributed by atoms with Gasteiger partial charge in [0.1, 0.15) is 16.7 Å². The summed E-state index contributed by atoms with van der Waals surface area (Å²) in [4.78, 5) is 28.3. The van der Waals surface area contributed by atoms with Gasteiger partial charge in [0, 0.05) is 11.4 Å². The predicted octanol–water partition coefficient (Wildman–Crippen LogP) is 5.68. The Kier molecular flexibility index (Phi) is 6.85. The maximum Gasteiger partial charge on any atom is 0.269 e. The molecule has 4 rings (SSSR count). The topological polar surface area (TPSA) is 73.2 Å². The molecule has 1 heterocycles. The lowest BCUT2D eigenvalue weighted by atomic mass is 10.1. The molecule has 3 aromatic carbocycles. The summed E-state index contributed by atoms with van der Waals surface area (Å²) in [5, 5.41) is 12.8. The van der Waals surface area contributed by atoms with Crippen molar-refractivity contribution in [1.29, 1.82) is 5.26 Å². The summed E-state index contributed by atoms with van der Waals surface area (Å²) < 4.78 is 0. The Morgan fingerprint density at radius 3 is 2.47 bits per heavy atom. The van der Waals surface area contributed by atoms with E-state index in [2.05, 4.69) is 17.5 Å². The van der Waals surface area contributed by atoms with E-state index in [1.54, 1.807) is 0 Å². The minimum absolute atomic E-state index is 0.0742. The Labute approximate surface area is 204 Å². The number of hydrogen-bond donors (Lipinski definition) is 1. The van der Waals surface area contributed by atoms with Crippen LogP contribution in [0.1, 0.15) is 22.3 Å². The first-order chi connectivity index (χ1) is 16.4. The van der Waals surface area contributed by atoms with E-state index < -0.39 is 11.2 Å². The van der Waals surface area contributed by atoms with Crippen LogP contribution in [0.2, 0.25) is 0 Å². The van der Waals surface area contributed by atoms with Crippen molar-refractivity contribution in [2.75, 3.05) is 10.2 Å². The molecule has 2 amide bonds. The highest BCUT2D eigenvalue weighted by atomic mass is 32.2. The van der Waals surface area contributed by atoms with E-state index >= 15 is 0 Å². The van der Waals surface area contributed by atoms with E-state index in [1.807, 2.05) is 87.5 Å². The Morgan fingerprint density at radius 1 is 1.03 bits per heavy atom. The average molecular weight is 468 g/mol. The van der Waals surface area contributed by atoms with Crippen LogP contribution in [0, 0.1) is 32.1 Å². The molecule has 0 bridgehead atoms. The molecule has 6 heteroatoms. The maximum absolute atomic E-state index is 13.5. The second kappa shape index (κ2) is 9.98. The highest BCUT2D eigenvalue weighted by molar-refractivity contribution is 8.05. The van der Waals surface area contributed by atoms with Crippen LogP contribution in [-0.4, -0.2) is 17.1 Å². The van der Waals surface area contributed by atoms with Crippen LogP contribution in [0.5, 0.6) is 0 Å². The number of nitriles is 1. The summed E-state index contributed by atoms with van der Waals surface area (Å²) in [7, 11) is 0. The number of thioether (sulfide) groups is 1. The number of aryl methyl sites for hydroxylation is 2. The van der Waals surface area contributed by atoms with Gasteiger partial charge >= 0.3 is 0 Å². The molecule has 170 valence electrons. The number of nitrogens with zero attached hydrogens (tertiary/aromatic N) is 2. The van der Waals surface area contributed by atoms with Crippen molar-refractivity contribution in [1.82, 2.24) is 0 Å². The van der Waals surface area contributed by atoms with Crippen LogP contribution in [0.25, 0.3) is 0 Å². The molecule has 1 saturated heterocycles. The normalized spacial score (nSPS) is 16.8. The van der Waals surface area contributed by atoms with Crippen molar-refractivity contribution in [2.45, 2.75) is 32.4 Å². The first-order valence-electron chi connectivity index (χ1n) is 11.0. The Balaban J connectivity index is 1.73. The van der Waals surface area contributed by atoms with Gasteiger partial charge in [0.2, 0.25) is 5.91 Å². The molecule has 1 atom stereocenters.